The Morgan fingerprint density at radius 3 is 2.59 bits per heavy atom. The largest absolute Gasteiger partial charge is 0.496 e. The molecule has 14 nitrogen and oxygen atoms in total. The monoisotopic (exact) mass is 717 g/mol. The Morgan fingerprint density at radius 1 is 1.10 bits per heavy atom. The van der Waals surface area contributed by atoms with Gasteiger partial charge in [0.05, 0.1) is 29.3 Å². The van der Waals surface area contributed by atoms with Crippen LogP contribution in [0.2, 0.25) is 0 Å². The molecule has 4 heterocycles. The van der Waals surface area contributed by atoms with Crippen molar-refractivity contribution in [1.82, 2.24) is 34.8 Å². The molecule has 4 aliphatic rings. The number of urea groups is 1. The molecule has 0 spiro atoms. The number of aromatic nitrogens is 3. The second kappa shape index (κ2) is 13.1. The molecule has 1 aromatic carbocycles. The van der Waals surface area contributed by atoms with Gasteiger partial charge in [0.25, 0.3) is 5.91 Å². The van der Waals surface area contributed by atoms with Crippen LogP contribution >= 0.6 is 0 Å². The van der Waals surface area contributed by atoms with E-state index in [2.05, 4.69) is 15.0 Å². The molecule has 7 rings (SSSR count). The van der Waals surface area contributed by atoms with Crippen molar-refractivity contribution in [1.29, 1.82) is 0 Å². The number of nitrogens with one attached hydrogen (secondary N) is 2. The Balaban J connectivity index is 1.21. The molecule has 2 N–H and O–H groups in total. The minimum absolute atomic E-state index is 0.0851. The Labute approximate surface area is 297 Å². The molecule has 3 fully saturated rings. The lowest BCUT2D eigenvalue weighted by molar-refractivity contribution is -0.131. The maximum atomic E-state index is 14.2. The van der Waals surface area contributed by atoms with Gasteiger partial charge in [0.15, 0.2) is 5.82 Å². The first-order chi connectivity index (χ1) is 24.4. The quantitative estimate of drug-likeness (QED) is 0.345. The summed E-state index contributed by atoms with van der Waals surface area (Å²) in [5.41, 5.74) is 0.709. The molecule has 0 unspecified atom stereocenters. The third-order valence-corrected chi connectivity index (χ3v) is 12.8. The number of amides is 4. The summed E-state index contributed by atoms with van der Waals surface area (Å²) in [7, 11) is -0.644. The molecule has 2 aliphatic carbocycles. The lowest BCUT2D eigenvalue weighted by Crippen LogP contribution is -2.58. The van der Waals surface area contributed by atoms with Crippen LogP contribution in [0.5, 0.6) is 11.6 Å². The van der Waals surface area contributed by atoms with E-state index < -0.39 is 44.3 Å². The van der Waals surface area contributed by atoms with Gasteiger partial charge >= 0.3 is 6.03 Å². The molecule has 270 valence electrons. The number of methoxy groups -OCH3 is 1. The van der Waals surface area contributed by atoms with Crippen molar-refractivity contribution in [3.8, 4) is 23.0 Å². The molecular formula is C36H43N7O7S. The highest BCUT2D eigenvalue weighted by Crippen LogP contribution is 2.47. The van der Waals surface area contributed by atoms with Crippen LogP contribution in [0.1, 0.15) is 57.4 Å². The Kier molecular flexibility index (Phi) is 8.88. The number of carbonyl (C=O) groups excluding carboxylic acids is 3. The fraction of sp³-hybridized carbons (Fsp3) is 0.500. The van der Waals surface area contributed by atoms with Gasteiger partial charge in [-0.05, 0) is 76.6 Å². The van der Waals surface area contributed by atoms with Gasteiger partial charge in [-0.2, -0.15) is 4.98 Å². The van der Waals surface area contributed by atoms with Crippen LogP contribution in [-0.4, -0.2) is 101 Å². The van der Waals surface area contributed by atoms with Crippen LogP contribution in [0.4, 0.5) is 4.79 Å². The van der Waals surface area contributed by atoms with Gasteiger partial charge in [-0.3, -0.25) is 19.3 Å². The van der Waals surface area contributed by atoms with Crippen molar-refractivity contribution in [2.45, 2.75) is 81.2 Å². The molecule has 15 heteroatoms. The molecule has 4 atom stereocenters. The summed E-state index contributed by atoms with van der Waals surface area (Å²) in [5, 5.41) is 3.55. The van der Waals surface area contributed by atoms with Gasteiger partial charge in [0.2, 0.25) is 21.8 Å². The highest BCUT2D eigenvalue weighted by Gasteiger charge is 2.63. The highest BCUT2D eigenvalue weighted by atomic mass is 32.2. The molecule has 0 bridgehead atoms. The normalized spacial score (nSPS) is 26.7. The Morgan fingerprint density at radius 2 is 1.86 bits per heavy atom. The summed E-state index contributed by atoms with van der Waals surface area (Å²) in [4.78, 5) is 58.7. The third-order valence-electron chi connectivity index (χ3n) is 10.7. The molecule has 51 heavy (non-hydrogen) atoms. The summed E-state index contributed by atoms with van der Waals surface area (Å²) in [6.07, 6.45) is 10.1. The van der Waals surface area contributed by atoms with E-state index in [9.17, 15) is 22.8 Å². The van der Waals surface area contributed by atoms with E-state index in [-0.39, 0.29) is 37.2 Å². The third kappa shape index (κ3) is 6.47. The topological polar surface area (TPSA) is 173 Å². The summed E-state index contributed by atoms with van der Waals surface area (Å²) in [5.74, 6) is -0.333. The van der Waals surface area contributed by atoms with E-state index in [1.165, 1.54) is 4.90 Å². The molecular weight excluding hydrogens is 675 g/mol. The maximum Gasteiger partial charge on any atom is 0.320 e. The van der Waals surface area contributed by atoms with E-state index in [1.807, 2.05) is 31.2 Å². The number of carbonyl (C=O) groups is 3. The second-order valence-electron chi connectivity index (χ2n) is 14.3. The van der Waals surface area contributed by atoms with E-state index in [1.54, 1.807) is 50.5 Å². The number of benzene rings is 1. The fourth-order valence-corrected chi connectivity index (χ4v) is 8.29. The van der Waals surface area contributed by atoms with Crippen molar-refractivity contribution in [2.75, 3.05) is 27.2 Å². The second-order valence-corrected chi connectivity index (χ2v) is 16.5. The predicted molar refractivity (Wildman–Crippen MR) is 188 cm³/mol. The van der Waals surface area contributed by atoms with Crippen molar-refractivity contribution in [3.05, 3.63) is 54.4 Å². The number of hydrogen-bond acceptors (Lipinski definition) is 10. The number of ether oxygens (including phenoxy) is 2. The Bertz CT molecular complexity index is 2020. The van der Waals surface area contributed by atoms with Gasteiger partial charge in [-0.1, -0.05) is 12.2 Å². The van der Waals surface area contributed by atoms with E-state index in [0.29, 0.717) is 41.9 Å². The zero-order chi connectivity index (χ0) is 36.1. The smallest absolute Gasteiger partial charge is 0.320 e. The van der Waals surface area contributed by atoms with Crippen molar-refractivity contribution < 1.29 is 32.3 Å². The summed E-state index contributed by atoms with van der Waals surface area (Å²) < 4.78 is 39.5. The maximum absolute atomic E-state index is 14.2. The number of allylic oxidation sites excluding steroid dienone is 1. The minimum Gasteiger partial charge on any atom is -0.496 e. The molecule has 4 amide bonds. The molecule has 2 aromatic heterocycles. The summed E-state index contributed by atoms with van der Waals surface area (Å²) >= 11 is 0. The van der Waals surface area contributed by atoms with Gasteiger partial charge in [0.1, 0.15) is 23.4 Å². The minimum atomic E-state index is -3.94. The van der Waals surface area contributed by atoms with E-state index in [4.69, 9.17) is 19.4 Å². The average Bonchev–Trinajstić information content (AvgIpc) is 4.00. The van der Waals surface area contributed by atoms with E-state index in [0.717, 1.165) is 30.4 Å². The number of rotatable bonds is 7. The number of sulfonamides is 1. The zero-order valence-corrected chi connectivity index (χ0v) is 30.0. The molecule has 0 radical (unpaired) electrons. The van der Waals surface area contributed by atoms with Crippen LogP contribution < -0.4 is 19.5 Å². The number of aryl methyl sites for hydroxylation is 1. The number of pyridine rings is 1. The van der Waals surface area contributed by atoms with Crippen molar-refractivity contribution >= 4 is 38.8 Å². The highest BCUT2D eigenvalue weighted by molar-refractivity contribution is 7.91. The van der Waals surface area contributed by atoms with Gasteiger partial charge in [-0.15, -0.1) is 0 Å². The fourth-order valence-electron chi connectivity index (χ4n) is 6.98. The number of nitrogens with zero attached hydrogens (tertiary/aromatic N) is 5. The summed E-state index contributed by atoms with van der Waals surface area (Å²) in [6.45, 7) is 4.10. The molecule has 2 aliphatic heterocycles. The van der Waals surface area contributed by atoms with Crippen LogP contribution in [0.3, 0.4) is 0 Å². The van der Waals surface area contributed by atoms with Gasteiger partial charge in [0, 0.05) is 49.5 Å². The molecule has 2 saturated carbocycles. The van der Waals surface area contributed by atoms with E-state index >= 15 is 0 Å². The SMILES string of the molecule is COc1ccc2c(O[C@@H]3C[C@H]4C(=O)N[C@]5(C(=O)NS(=O)(=O)C6(C)CC6)C[C@H]5/C=C/CCCCN(C)C(=O)N4C3)nc(-c3ccncc3)nc2c1C. The average molecular weight is 718 g/mol. The lowest BCUT2D eigenvalue weighted by atomic mass is 10.1. The lowest BCUT2D eigenvalue weighted by Gasteiger charge is -2.30. The van der Waals surface area contributed by atoms with Gasteiger partial charge in [-0.25, -0.2) is 18.2 Å². The van der Waals surface area contributed by atoms with Crippen LogP contribution in [0.25, 0.3) is 22.3 Å². The van der Waals surface area contributed by atoms with Crippen LogP contribution in [0, 0.1) is 12.8 Å². The first-order valence-electron chi connectivity index (χ1n) is 17.4. The predicted octanol–water partition coefficient (Wildman–Crippen LogP) is 3.50. The van der Waals surface area contributed by atoms with Gasteiger partial charge < -0.3 is 24.6 Å². The number of fused-ring (bicyclic) bond motifs is 3. The standard InChI is InChI=1S/C36H43N7O7S/c1-22-28(49-4)11-10-26-29(22)38-30(23-12-16-37-17-13-23)39-32(26)50-25-19-27-31(44)40-36(33(45)41-51(47,48)35(2)14-15-35)20-24(36)9-7-5-6-8-18-42(3)34(46)43(27)21-25/h7,9-13,16-17,24-25,27H,5-6,8,14-15,18-21H2,1-4H3,(H,40,44)(H,41,45)/b9-7+/t24-,25-,27+,36-/m1/s1. The Hall–Kier alpha value is -4.79. The van der Waals surface area contributed by atoms with Crippen molar-refractivity contribution in [2.24, 2.45) is 5.92 Å². The molecule has 1 saturated heterocycles. The number of hydrogen-bond donors (Lipinski definition) is 2. The van der Waals surface area contributed by atoms with Crippen molar-refractivity contribution in [3.63, 3.8) is 0 Å². The summed E-state index contributed by atoms with van der Waals surface area (Å²) in [6, 6.07) is 5.91. The zero-order valence-electron chi connectivity index (χ0n) is 29.2. The van der Waals surface area contributed by atoms with Crippen LogP contribution in [-0.2, 0) is 19.6 Å². The first kappa shape index (κ1) is 34.6. The first-order valence-corrected chi connectivity index (χ1v) is 18.8. The molecule has 3 aromatic rings. The van der Waals surface area contributed by atoms with Crippen LogP contribution in [0.15, 0.2) is 48.8 Å².